The maximum absolute atomic E-state index is 12.6. The Morgan fingerprint density at radius 1 is 1.14 bits per heavy atom. The molecule has 4 nitrogen and oxygen atoms in total. The number of carbonyl (C=O) groups excluding carboxylic acids is 1. The zero-order valence-electron chi connectivity index (χ0n) is 12.4. The highest BCUT2D eigenvalue weighted by Gasteiger charge is 2.17. The van der Waals surface area contributed by atoms with Crippen molar-refractivity contribution in [3.05, 3.63) is 64.8 Å². The molecule has 0 spiro atoms. The van der Waals surface area contributed by atoms with Gasteiger partial charge in [0.25, 0.3) is 5.91 Å². The number of rotatable bonds is 2. The van der Waals surface area contributed by atoms with E-state index in [2.05, 4.69) is 16.4 Å². The average Bonchev–Trinajstić information content (AvgIpc) is 2.85. The van der Waals surface area contributed by atoms with E-state index >= 15 is 0 Å². The van der Waals surface area contributed by atoms with E-state index in [1.54, 1.807) is 24.3 Å². The molecule has 1 amide bonds. The van der Waals surface area contributed by atoms with Crippen LogP contribution in [0.2, 0.25) is 0 Å². The van der Waals surface area contributed by atoms with Crippen LogP contribution in [-0.2, 0) is 0 Å². The molecular weight excluding hydrogens is 274 g/mol. The van der Waals surface area contributed by atoms with Gasteiger partial charge in [-0.25, -0.2) is 0 Å². The van der Waals surface area contributed by atoms with Gasteiger partial charge in [-0.1, -0.05) is 30.3 Å². The molecule has 0 unspecified atom stereocenters. The van der Waals surface area contributed by atoms with E-state index in [4.69, 9.17) is 5.26 Å². The lowest BCUT2D eigenvalue weighted by Gasteiger charge is -2.07. The lowest BCUT2D eigenvalue weighted by atomic mass is 10.1. The number of amides is 1. The summed E-state index contributed by atoms with van der Waals surface area (Å²) in [6, 6.07) is 14.9. The van der Waals surface area contributed by atoms with Crippen molar-refractivity contribution < 1.29 is 4.79 Å². The topological polar surface area (TPSA) is 68.7 Å². The maximum Gasteiger partial charge on any atom is 0.258 e. The van der Waals surface area contributed by atoms with Crippen molar-refractivity contribution in [1.82, 2.24) is 4.98 Å². The average molecular weight is 289 g/mol. The number of nitrogens with zero attached hydrogens (tertiary/aromatic N) is 1. The Labute approximate surface area is 128 Å². The fourth-order valence-electron chi connectivity index (χ4n) is 2.66. The summed E-state index contributed by atoms with van der Waals surface area (Å²) in [6.45, 7) is 3.88. The molecule has 3 aromatic rings. The van der Waals surface area contributed by atoms with E-state index < -0.39 is 0 Å². The van der Waals surface area contributed by atoms with Crippen LogP contribution in [0.3, 0.4) is 0 Å². The minimum Gasteiger partial charge on any atom is -0.358 e. The molecular formula is C18H15N3O. The van der Waals surface area contributed by atoms with Crippen molar-refractivity contribution >= 4 is 22.5 Å². The number of hydrogen-bond donors (Lipinski definition) is 2. The van der Waals surface area contributed by atoms with Crippen LogP contribution in [-0.4, -0.2) is 10.9 Å². The quantitative estimate of drug-likeness (QED) is 0.751. The number of nitrogens with one attached hydrogen (secondary N) is 2. The molecule has 0 aliphatic heterocycles. The van der Waals surface area contributed by atoms with Crippen molar-refractivity contribution in [3.8, 4) is 6.07 Å². The monoisotopic (exact) mass is 289 g/mol. The van der Waals surface area contributed by atoms with E-state index in [-0.39, 0.29) is 5.91 Å². The largest absolute Gasteiger partial charge is 0.358 e. The molecule has 0 radical (unpaired) electrons. The zero-order valence-corrected chi connectivity index (χ0v) is 12.4. The number of H-pyrrole nitrogens is 1. The number of carbonyl (C=O) groups is 1. The fourth-order valence-corrected chi connectivity index (χ4v) is 2.66. The van der Waals surface area contributed by atoms with Gasteiger partial charge in [0.05, 0.1) is 16.8 Å². The predicted molar refractivity (Wildman–Crippen MR) is 86.9 cm³/mol. The van der Waals surface area contributed by atoms with Gasteiger partial charge in [0.1, 0.15) is 6.07 Å². The van der Waals surface area contributed by atoms with Gasteiger partial charge in [0, 0.05) is 16.6 Å². The molecule has 0 fully saturated rings. The number of aromatic nitrogens is 1. The normalized spacial score (nSPS) is 10.4. The van der Waals surface area contributed by atoms with Gasteiger partial charge in [-0.05, 0) is 31.5 Å². The molecule has 0 aliphatic carbocycles. The van der Waals surface area contributed by atoms with Crippen LogP contribution in [0.1, 0.15) is 27.2 Å². The second kappa shape index (κ2) is 5.38. The maximum atomic E-state index is 12.6. The van der Waals surface area contributed by atoms with E-state index in [0.29, 0.717) is 16.8 Å². The molecule has 0 saturated heterocycles. The minimum absolute atomic E-state index is 0.211. The van der Waals surface area contributed by atoms with Gasteiger partial charge in [-0.2, -0.15) is 5.26 Å². The van der Waals surface area contributed by atoms with Gasteiger partial charge >= 0.3 is 0 Å². The highest BCUT2D eigenvalue weighted by Crippen LogP contribution is 2.26. The number of para-hydroxylation sites is 2. The Kier molecular flexibility index (Phi) is 3.40. The van der Waals surface area contributed by atoms with E-state index in [1.807, 2.05) is 32.0 Å². The van der Waals surface area contributed by atoms with Crippen LogP contribution in [0.5, 0.6) is 0 Å². The summed E-state index contributed by atoms with van der Waals surface area (Å²) in [5.41, 5.74) is 4.47. The van der Waals surface area contributed by atoms with E-state index in [0.717, 1.165) is 22.2 Å². The third-order valence-corrected chi connectivity index (χ3v) is 3.75. The summed E-state index contributed by atoms with van der Waals surface area (Å²) >= 11 is 0. The van der Waals surface area contributed by atoms with Gasteiger partial charge < -0.3 is 10.3 Å². The molecule has 4 heteroatoms. The van der Waals surface area contributed by atoms with Crippen molar-refractivity contribution in [2.75, 3.05) is 5.32 Å². The number of hydrogen-bond acceptors (Lipinski definition) is 2. The number of anilines is 1. The molecule has 0 atom stereocenters. The second-order valence-corrected chi connectivity index (χ2v) is 5.23. The van der Waals surface area contributed by atoms with Crippen LogP contribution in [0.4, 0.5) is 5.69 Å². The molecule has 2 aromatic carbocycles. The first kappa shape index (κ1) is 13.9. The highest BCUT2D eigenvalue weighted by atomic mass is 16.1. The Morgan fingerprint density at radius 3 is 2.68 bits per heavy atom. The zero-order chi connectivity index (χ0) is 15.7. The molecule has 108 valence electrons. The molecule has 1 aromatic heterocycles. The molecule has 2 N–H and O–H groups in total. The predicted octanol–water partition coefficient (Wildman–Crippen LogP) is 3.91. The lowest BCUT2D eigenvalue weighted by molar-refractivity contribution is 0.102. The summed E-state index contributed by atoms with van der Waals surface area (Å²) in [5, 5.41) is 12.8. The molecule has 22 heavy (non-hydrogen) atoms. The Bertz CT molecular complexity index is 916. The summed E-state index contributed by atoms with van der Waals surface area (Å²) in [5.74, 6) is -0.211. The van der Waals surface area contributed by atoms with Crippen molar-refractivity contribution in [2.45, 2.75) is 13.8 Å². The Hall–Kier alpha value is -3.06. The first-order chi connectivity index (χ1) is 10.6. The van der Waals surface area contributed by atoms with Gasteiger partial charge in [0.15, 0.2) is 0 Å². The first-order valence-corrected chi connectivity index (χ1v) is 7.00. The second-order valence-electron chi connectivity index (χ2n) is 5.23. The molecule has 1 heterocycles. The van der Waals surface area contributed by atoms with Crippen LogP contribution >= 0.6 is 0 Å². The number of fused-ring (bicyclic) bond motifs is 1. The summed E-state index contributed by atoms with van der Waals surface area (Å²) < 4.78 is 0. The summed E-state index contributed by atoms with van der Waals surface area (Å²) in [6.07, 6.45) is 0. The number of nitriles is 1. The van der Waals surface area contributed by atoms with Crippen LogP contribution < -0.4 is 5.32 Å². The highest BCUT2D eigenvalue weighted by molar-refractivity contribution is 6.14. The third-order valence-electron chi connectivity index (χ3n) is 3.75. The van der Waals surface area contributed by atoms with Crippen LogP contribution in [0, 0.1) is 25.2 Å². The van der Waals surface area contributed by atoms with E-state index in [1.165, 1.54) is 0 Å². The molecule has 0 bridgehead atoms. The number of benzene rings is 2. The third kappa shape index (κ3) is 2.23. The molecule has 0 aliphatic rings. The van der Waals surface area contributed by atoms with Crippen molar-refractivity contribution in [3.63, 3.8) is 0 Å². The minimum atomic E-state index is -0.211. The van der Waals surface area contributed by atoms with E-state index in [9.17, 15) is 4.79 Å². The number of aryl methyl sites for hydroxylation is 2. The van der Waals surface area contributed by atoms with Crippen LogP contribution in [0.15, 0.2) is 42.5 Å². The lowest BCUT2D eigenvalue weighted by Crippen LogP contribution is -2.13. The van der Waals surface area contributed by atoms with Crippen LogP contribution in [0.25, 0.3) is 10.9 Å². The van der Waals surface area contributed by atoms with Gasteiger partial charge in [-0.3, -0.25) is 4.79 Å². The standard InChI is InChI=1S/C18H15N3O/c1-11-6-5-8-14-16(12(2)20-17(11)14)18(22)21-15-9-4-3-7-13(15)10-19/h3-9,20H,1-2H3,(H,21,22). The SMILES string of the molecule is Cc1[nH]c2c(C)cccc2c1C(=O)Nc1ccccc1C#N. The Balaban J connectivity index is 2.05. The summed E-state index contributed by atoms with van der Waals surface area (Å²) in [4.78, 5) is 15.9. The summed E-state index contributed by atoms with van der Waals surface area (Å²) in [7, 11) is 0. The molecule has 0 saturated carbocycles. The number of aromatic amines is 1. The smallest absolute Gasteiger partial charge is 0.258 e. The van der Waals surface area contributed by atoms with Crippen molar-refractivity contribution in [1.29, 1.82) is 5.26 Å². The van der Waals surface area contributed by atoms with Gasteiger partial charge in [-0.15, -0.1) is 0 Å². The molecule has 3 rings (SSSR count). The van der Waals surface area contributed by atoms with Crippen molar-refractivity contribution in [2.24, 2.45) is 0 Å². The first-order valence-electron chi connectivity index (χ1n) is 7.00. The Morgan fingerprint density at radius 2 is 1.91 bits per heavy atom. The fraction of sp³-hybridized carbons (Fsp3) is 0.111. The van der Waals surface area contributed by atoms with Gasteiger partial charge in [0.2, 0.25) is 0 Å².